The lowest BCUT2D eigenvalue weighted by molar-refractivity contribution is 0.0293. The Bertz CT molecular complexity index is 471. The minimum atomic E-state index is 0.177. The summed E-state index contributed by atoms with van der Waals surface area (Å²) in [5, 5.41) is 1.20. The highest BCUT2D eigenvalue weighted by Crippen LogP contribution is 2.37. The lowest BCUT2D eigenvalue weighted by Crippen LogP contribution is -2.48. The van der Waals surface area contributed by atoms with Crippen LogP contribution in [0, 0.1) is 0 Å². The molecule has 2 heterocycles. The molecule has 2 aliphatic rings. The van der Waals surface area contributed by atoms with Crippen LogP contribution in [0.15, 0.2) is 24.3 Å². The van der Waals surface area contributed by atoms with Crippen molar-refractivity contribution in [3.05, 3.63) is 35.4 Å². The van der Waals surface area contributed by atoms with Crippen molar-refractivity contribution in [2.45, 2.75) is 42.4 Å². The van der Waals surface area contributed by atoms with Crippen LogP contribution >= 0.6 is 23.5 Å². The molecule has 0 radical (unpaired) electrons. The number of hydrogen-bond donors (Lipinski definition) is 2. The molecule has 1 fully saturated rings. The van der Waals surface area contributed by atoms with E-state index in [-0.39, 0.29) is 6.10 Å². The topological polar surface area (TPSA) is 47.3 Å². The summed E-state index contributed by atoms with van der Waals surface area (Å²) in [4.78, 5) is 0. The number of hydrogen-bond acceptors (Lipinski definition) is 5. The maximum absolute atomic E-state index is 6.05. The van der Waals surface area contributed by atoms with Gasteiger partial charge in [-0.25, -0.2) is 0 Å². The number of rotatable bonds is 4. The molecule has 0 aromatic heterocycles. The van der Waals surface area contributed by atoms with Gasteiger partial charge in [0.05, 0.1) is 12.7 Å². The van der Waals surface area contributed by atoms with Crippen LogP contribution in [0.5, 0.6) is 0 Å². The first-order chi connectivity index (χ1) is 10.3. The second-order valence-corrected chi connectivity index (χ2v) is 8.50. The van der Waals surface area contributed by atoms with Gasteiger partial charge >= 0.3 is 0 Å². The van der Waals surface area contributed by atoms with Gasteiger partial charge < -0.3 is 4.74 Å². The SMILES string of the molecule is CC1SCCSC1C(CC1OCCc2ccccc21)NN. The van der Waals surface area contributed by atoms with Crippen LogP contribution in [0.4, 0.5) is 0 Å². The Labute approximate surface area is 135 Å². The van der Waals surface area contributed by atoms with Crippen molar-refractivity contribution in [1.82, 2.24) is 5.43 Å². The van der Waals surface area contributed by atoms with Gasteiger partial charge in [-0.1, -0.05) is 31.2 Å². The van der Waals surface area contributed by atoms with Crippen LogP contribution in [0.25, 0.3) is 0 Å². The monoisotopic (exact) mass is 324 g/mol. The normalized spacial score (nSPS) is 30.7. The molecular formula is C16H24N2OS2. The highest BCUT2D eigenvalue weighted by atomic mass is 32.2. The smallest absolute Gasteiger partial charge is 0.0843 e. The van der Waals surface area contributed by atoms with Crippen LogP contribution in [0.1, 0.15) is 30.6 Å². The van der Waals surface area contributed by atoms with Crippen LogP contribution < -0.4 is 11.3 Å². The first kappa shape index (κ1) is 15.7. The van der Waals surface area contributed by atoms with Gasteiger partial charge in [0.25, 0.3) is 0 Å². The van der Waals surface area contributed by atoms with E-state index in [1.165, 1.54) is 22.6 Å². The van der Waals surface area contributed by atoms with Crippen molar-refractivity contribution in [2.24, 2.45) is 5.84 Å². The number of fused-ring (bicyclic) bond motifs is 1. The molecule has 3 nitrogen and oxygen atoms in total. The molecule has 4 atom stereocenters. The van der Waals surface area contributed by atoms with Gasteiger partial charge in [0.1, 0.15) is 0 Å². The molecule has 0 aliphatic carbocycles. The van der Waals surface area contributed by atoms with Gasteiger partial charge in [0.2, 0.25) is 0 Å². The first-order valence-electron chi connectivity index (χ1n) is 7.68. The van der Waals surface area contributed by atoms with Crippen molar-refractivity contribution in [3.8, 4) is 0 Å². The molecule has 2 aliphatic heterocycles. The largest absolute Gasteiger partial charge is 0.373 e. The zero-order chi connectivity index (χ0) is 14.7. The minimum Gasteiger partial charge on any atom is -0.373 e. The Morgan fingerprint density at radius 1 is 1.33 bits per heavy atom. The summed E-state index contributed by atoms with van der Waals surface area (Å²) in [6, 6.07) is 8.96. The Kier molecular flexibility index (Phi) is 5.51. The zero-order valence-electron chi connectivity index (χ0n) is 12.5. The molecule has 3 N–H and O–H groups in total. The predicted octanol–water partition coefficient (Wildman–Crippen LogP) is 2.76. The van der Waals surface area contributed by atoms with E-state index in [0.29, 0.717) is 16.5 Å². The van der Waals surface area contributed by atoms with Crippen molar-refractivity contribution in [3.63, 3.8) is 0 Å². The molecule has 0 amide bonds. The predicted molar refractivity (Wildman–Crippen MR) is 92.7 cm³/mol. The second-order valence-electron chi connectivity index (χ2n) is 5.73. The van der Waals surface area contributed by atoms with E-state index in [4.69, 9.17) is 10.6 Å². The van der Waals surface area contributed by atoms with E-state index >= 15 is 0 Å². The third-order valence-corrected chi connectivity index (χ3v) is 7.66. The third-order valence-electron chi connectivity index (χ3n) is 4.41. The summed E-state index contributed by atoms with van der Waals surface area (Å²) in [5.74, 6) is 8.35. The van der Waals surface area contributed by atoms with Crippen molar-refractivity contribution >= 4 is 23.5 Å². The number of hydrazine groups is 1. The fraction of sp³-hybridized carbons (Fsp3) is 0.625. The molecule has 0 saturated carbocycles. The Balaban J connectivity index is 1.72. The van der Waals surface area contributed by atoms with Gasteiger partial charge in [-0.3, -0.25) is 11.3 Å². The summed E-state index contributed by atoms with van der Waals surface area (Å²) in [6.45, 7) is 3.14. The Morgan fingerprint density at radius 2 is 2.14 bits per heavy atom. The molecule has 1 aromatic carbocycles. The van der Waals surface area contributed by atoms with Crippen LogP contribution in [-0.4, -0.2) is 34.7 Å². The van der Waals surface area contributed by atoms with E-state index in [1.54, 1.807) is 0 Å². The summed E-state index contributed by atoms with van der Waals surface area (Å²) in [7, 11) is 0. The number of nitrogens with two attached hydrogens (primary N) is 1. The molecule has 4 unspecified atom stereocenters. The summed E-state index contributed by atoms with van der Waals surface area (Å²) in [5.41, 5.74) is 5.85. The van der Waals surface area contributed by atoms with Crippen molar-refractivity contribution in [2.75, 3.05) is 18.1 Å². The van der Waals surface area contributed by atoms with E-state index in [2.05, 4.69) is 60.1 Å². The second kappa shape index (κ2) is 7.38. The standard InChI is InChI=1S/C16H24N2OS2/c1-11-16(21-9-8-20-11)14(18-17)10-15-13-5-3-2-4-12(13)6-7-19-15/h2-5,11,14-16,18H,6-10,17H2,1H3. The van der Waals surface area contributed by atoms with E-state index in [0.717, 1.165) is 19.4 Å². The first-order valence-corrected chi connectivity index (χ1v) is 9.78. The lowest BCUT2D eigenvalue weighted by atomic mass is 9.92. The van der Waals surface area contributed by atoms with E-state index in [9.17, 15) is 0 Å². The molecule has 116 valence electrons. The lowest BCUT2D eigenvalue weighted by Gasteiger charge is -2.37. The van der Waals surface area contributed by atoms with Gasteiger partial charge in [0, 0.05) is 28.0 Å². The fourth-order valence-electron chi connectivity index (χ4n) is 3.29. The molecule has 1 saturated heterocycles. The molecule has 3 rings (SSSR count). The quantitative estimate of drug-likeness (QED) is 0.659. The van der Waals surface area contributed by atoms with Gasteiger partial charge in [0.15, 0.2) is 0 Å². The number of nitrogens with one attached hydrogen (secondary N) is 1. The maximum Gasteiger partial charge on any atom is 0.0843 e. The summed E-state index contributed by atoms with van der Waals surface area (Å²) >= 11 is 4.12. The third kappa shape index (κ3) is 3.59. The molecular weight excluding hydrogens is 300 g/mol. The number of benzene rings is 1. The average molecular weight is 325 g/mol. The van der Waals surface area contributed by atoms with Gasteiger partial charge in [-0.2, -0.15) is 23.5 Å². The molecule has 5 heteroatoms. The van der Waals surface area contributed by atoms with Crippen molar-refractivity contribution < 1.29 is 4.74 Å². The Hall–Kier alpha value is -0.200. The molecule has 0 spiro atoms. The fourth-order valence-corrected chi connectivity index (χ4v) is 6.25. The zero-order valence-corrected chi connectivity index (χ0v) is 14.1. The average Bonchev–Trinajstić information content (AvgIpc) is 2.53. The number of thioether (sulfide) groups is 2. The Morgan fingerprint density at radius 3 is 2.95 bits per heavy atom. The molecule has 0 bridgehead atoms. The summed E-state index contributed by atoms with van der Waals surface area (Å²) in [6.07, 6.45) is 2.16. The highest BCUT2D eigenvalue weighted by Gasteiger charge is 2.33. The van der Waals surface area contributed by atoms with E-state index in [1.807, 2.05) is 0 Å². The van der Waals surface area contributed by atoms with Gasteiger partial charge in [-0.05, 0) is 24.0 Å². The minimum absolute atomic E-state index is 0.177. The summed E-state index contributed by atoms with van der Waals surface area (Å²) < 4.78 is 6.05. The number of ether oxygens (including phenoxy) is 1. The van der Waals surface area contributed by atoms with Crippen LogP contribution in [0.3, 0.4) is 0 Å². The molecule has 21 heavy (non-hydrogen) atoms. The van der Waals surface area contributed by atoms with Crippen LogP contribution in [-0.2, 0) is 11.2 Å². The molecule has 1 aromatic rings. The van der Waals surface area contributed by atoms with Crippen LogP contribution in [0.2, 0.25) is 0 Å². The van der Waals surface area contributed by atoms with Gasteiger partial charge in [-0.15, -0.1) is 0 Å². The maximum atomic E-state index is 6.05. The van der Waals surface area contributed by atoms with E-state index < -0.39 is 0 Å². The van der Waals surface area contributed by atoms with Crippen molar-refractivity contribution in [1.29, 1.82) is 0 Å². The highest BCUT2D eigenvalue weighted by molar-refractivity contribution is 8.07.